The van der Waals surface area contributed by atoms with E-state index in [1.54, 1.807) is 37.3 Å². The van der Waals surface area contributed by atoms with Crippen molar-refractivity contribution in [3.63, 3.8) is 0 Å². The number of hydrogen-bond donors (Lipinski definition) is 3. The fourth-order valence-corrected chi connectivity index (χ4v) is 4.42. The van der Waals surface area contributed by atoms with E-state index in [0.29, 0.717) is 30.5 Å². The molecule has 0 saturated carbocycles. The Balaban J connectivity index is 1.52. The molecule has 166 valence electrons. The largest absolute Gasteiger partial charge is 0.480 e. The fourth-order valence-electron chi connectivity index (χ4n) is 4.42. The van der Waals surface area contributed by atoms with Gasteiger partial charge in [0.1, 0.15) is 18.1 Å². The second-order valence-corrected chi connectivity index (χ2v) is 8.09. The molecule has 3 atom stereocenters. The predicted octanol–water partition coefficient (Wildman–Crippen LogP) is 1.67. The van der Waals surface area contributed by atoms with Gasteiger partial charge in [0.15, 0.2) is 0 Å². The van der Waals surface area contributed by atoms with Crippen molar-refractivity contribution in [3.8, 4) is 0 Å². The molecule has 0 aliphatic carbocycles. The minimum atomic E-state index is -1.07. The number of rotatable bonds is 6. The zero-order valence-electron chi connectivity index (χ0n) is 17.7. The zero-order chi connectivity index (χ0) is 22.8. The fraction of sp³-hybridized carbons (Fsp3) is 0.333. The van der Waals surface area contributed by atoms with Crippen LogP contribution in [0.3, 0.4) is 0 Å². The van der Waals surface area contributed by atoms with Crippen molar-refractivity contribution in [2.24, 2.45) is 0 Å². The van der Waals surface area contributed by atoms with Gasteiger partial charge in [-0.05, 0) is 42.5 Å². The second kappa shape index (κ2) is 8.82. The number of aryl methyl sites for hydroxylation is 1. The maximum atomic E-state index is 13.3. The first-order valence-electron chi connectivity index (χ1n) is 10.7. The van der Waals surface area contributed by atoms with Gasteiger partial charge in [-0.2, -0.15) is 0 Å². The van der Waals surface area contributed by atoms with Crippen molar-refractivity contribution in [1.29, 1.82) is 0 Å². The summed E-state index contributed by atoms with van der Waals surface area (Å²) >= 11 is 0. The zero-order valence-corrected chi connectivity index (χ0v) is 17.7. The van der Waals surface area contributed by atoms with Crippen LogP contribution in [0.25, 0.3) is 0 Å². The van der Waals surface area contributed by atoms with Crippen molar-refractivity contribution >= 4 is 29.4 Å². The van der Waals surface area contributed by atoms with Gasteiger partial charge in [-0.3, -0.25) is 19.3 Å². The summed E-state index contributed by atoms with van der Waals surface area (Å²) in [6.07, 6.45) is 1.48. The van der Waals surface area contributed by atoms with E-state index in [-0.39, 0.29) is 12.3 Å². The molecule has 8 heteroatoms. The number of carbonyl (C=O) groups is 4. The lowest BCUT2D eigenvalue weighted by Crippen LogP contribution is -2.56. The van der Waals surface area contributed by atoms with Gasteiger partial charge in [0.25, 0.3) is 5.91 Å². The molecule has 32 heavy (non-hydrogen) atoms. The Bertz CT molecular complexity index is 1070. The predicted molar refractivity (Wildman–Crippen MR) is 117 cm³/mol. The number of aliphatic carboxylic acids is 1. The Labute approximate surface area is 185 Å². The van der Waals surface area contributed by atoms with Crippen molar-refractivity contribution < 1.29 is 24.3 Å². The van der Waals surface area contributed by atoms with Crippen LogP contribution in [0.2, 0.25) is 0 Å². The lowest BCUT2D eigenvalue weighted by atomic mass is 10.0. The number of carboxylic acids is 1. The van der Waals surface area contributed by atoms with Crippen LogP contribution < -0.4 is 15.5 Å². The van der Waals surface area contributed by atoms with Crippen molar-refractivity contribution in [2.45, 2.75) is 50.7 Å². The number of nitrogens with zero attached hydrogens (tertiary/aromatic N) is 1. The molecular formula is C24H25N3O5. The van der Waals surface area contributed by atoms with Gasteiger partial charge in [0, 0.05) is 12.0 Å². The molecule has 3 amide bonds. The number of hydrogen-bond acceptors (Lipinski definition) is 4. The average Bonchev–Trinajstić information content (AvgIpc) is 3.14. The molecule has 2 aliphatic rings. The average molecular weight is 435 g/mol. The van der Waals surface area contributed by atoms with Crippen LogP contribution in [0.1, 0.15) is 41.3 Å². The van der Waals surface area contributed by atoms with E-state index >= 15 is 0 Å². The number of amides is 3. The lowest BCUT2D eigenvalue weighted by molar-refractivity contribution is -0.140. The summed E-state index contributed by atoms with van der Waals surface area (Å²) in [6.45, 7) is 1.77. The van der Waals surface area contributed by atoms with Gasteiger partial charge in [-0.25, -0.2) is 4.79 Å². The normalized spacial score (nSPS) is 20.2. The molecule has 2 aromatic carbocycles. The quantitative estimate of drug-likeness (QED) is 0.638. The van der Waals surface area contributed by atoms with E-state index in [1.807, 2.05) is 18.2 Å². The van der Waals surface area contributed by atoms with E-state index in [9.17, 15) is 24.3 Å². The Morgan fingerprint density at radius 2 is 1.81 bits per heavy atom. The Morgan fingerprint density at radius 3 is 2.50 bits per heavy atom. The molecular weight excluding hydrogens is 410 g/mol. The van der Waals surface area contributed by atoms with E-state index < -0.39 is 35.9 Å². The Hall–Kier alpha value is -3.68. The third-order valence-corrected chi connectivity index (χ3v) is 6.07. The third kappa shape index (κ3) is 3.95. The van der Waals surface area contributed by atoms with Crippen molar-refractivity contribution in [3.05, 3.63) is 65.2 Å². The molecule has 0 aromatic heterocycles. The summed E-state index contributed by atoms with van der Waals surface area (Å²) in [4.78, 5) is 51.9. The van der Waals surface area contributed by atoms with Gasteiger partial charge in [-0.15, -0.1) is 0 Å². The number of anilines is 1. The molecule has 2 heterocycles. The Kier molecular flexibility index (Phi) is 5.94. The molecule has 0 unspecified atom stereocenters. The van der Waals surface area contributed by atoms with Crippen LogP contribution in [-0.2, 0) is 27.2 Å². The monoisotopic (exact) mass is 435 g/mol. The number of nitrogens with one attached hydrogen (secondary N) is 2. The van der Waals surface area contributed by atoms with Gasteiger partial charge in [0.05, 0.1) is 5.69 Å². The maximum absolute atomic E-state index is 13.3. The summed E-state index contributed by atoms with van der Waals surface area (Å²) in [5.41, 5.74) is 2.83. The third-order valence-electron chi connectivity index (χ3n) is 6.07. The lowest BCUT2D eigenvalue weighted by Gasteiger charge is -2.27. The van der Waals surface area contributed by atoms with Gasteiger partial charge >= 0.3 is 5.97 Å². The molecule has 8 nitrogen and oxygen atoms in total. The van der Waals surface area contributed by atoms with E-state index in [0.717, 1.165) is 11.1 Å². The van der Waals surface area contributed by atoms with E-state index in [1.165, 1.54) is 4.90 Å². The van der Waals surface area contributed by atoms with Crippen LogP contribution in [0, 0.1) is 0 Å². The molecule has 0 radical (unpaired) electrons. The maximum Gasteiger partial charge on any atom is 0.327 e. The molecule has 0 spiro atoms. The topological polar surface area (TPSA) is 116 Å². The van der Waals surface area contributed by atoms with E-state index in [2.05, 4.69) is 10.6 Å². The van der Waals surface area contributed by atoms with Gasteiger partial charge < -0.3 is 15.7 Å². The number of carbonyl (C=O) groups excluding carboxylic acids is 3. The van der Waals surface area contributed by atoms with Crippen LogP contribution in [0.4, 0.5) is 5.69 Å². The number of benzene rings is 2. The van der Waals surface area contributed by atoms with Crippen LogP contribution in [-0.4, -0.2) is 46.9 Å². The molecule has 3 N–H and O–H groups in total. The molecule has 2 aromatic rings. The van der Waals surface area contributed by atoms with Crippen LogP contribution in [0.15, 0.2) is 48.5 Å². The van der Waals surface area contributed by atoms with Crippen LogP contribution in [0.5, 0.6) is 0 Å². The SMILES string of the molecule is CC[C@H](NC(=O)c1ccccc1)C(=O)N[C@H]1CCc2cccc3c2N(C1=O)[C@H](C(=O)O)C3. The van der Waals surface area contributed by atoms with Gasteiger partial charge in [-0.1, -0.05) is 43.3 Å². The first kappa shape index (κ1) is 21.5. The summed E-state index contributed by atoms with van der Waals surface area (Å²) in [5, 5.41) is 15.2. The highest BCUT2D eigenvalue weighted by atomic mass is 16.4. The highest BCUT2D eigenvalue weighted by Crippen LogP contribution is 2.39. The first-order chi connectivity index (χ1) is 15.4. The van der Waals surface area contributed by atoms with Crippen molar-refractivity contribution in [2.75, 3.05) is 4.90 Å². The number of para-hydroxylation sites is 1. The van der Waals surface area contributed by atoms with Crippen LogP contribution >= 0.6 is 0 Å². The molecule has 0 bridgehead atoms. The van der Waals surface area contributed by atoms with Gasteiger partial charge in [0.2, 0.25) is 11.8 Å². The summed E-state index contributed by atoms with van der Waals surface area (Å²) in [5.74, 6) is -2.34. The summed E-state index contributed by atoms with van der Waals surface area (Å²) < 4.78 is 0. The molecule has 0 fully saturated rings. The molecule has 4 rings (SSSR count). The molecule has 0 saturated heterocycles. The van der Waals surface area contributed by atoms with E-state index in [4.69, 9.17) is 0 Å². The smallest absolute Gasteiger partial charge is 0.327 e. The standard InChI is InChI=1S/C24H25N3O5/c1-2-17(25-21(28)15-7-4-3-5-8-15)22(29)26-18-12-11-14-9-6-10-16-13-19(24(31)32)27(20(14)16)23(18)30/h3-10,17-19H,2,11-13H2,1H3,(H,25,28)(H,26,29)(H,31,32)/t17-,18-,19-/m0/s1. The highest BCUT2D eigenvalue weighted by Gasteiger charge is 2.44. The summed E-state index contributed by atoms with van der Waals surface area (Å²) in [7, 11) is 0. The minimum Gasteiger partial charge on any atom is -0.480 e. The second-order valence-electron chi connectivity index (χ2n) is 8.09. The highest BCUT2D eigenvalue weighted by molar-refractivity contribution is 6.07. The molecule has 2 aliphatic heterocycles. The summed E-state index contributed by atoms with van der Waals surface area (Å²) in [6, 6.07) is 11.5. The first-order valence-corrected chi connectivity index (χ1v) is 10.7. The minimum absolute atomic E-state index is 0.246. The van der Waals surface area contributed by atoms with Crippen molar-refractivity contribution in [1.82, 2.24) is 10.6 Å². The Morgan fingerprint density at radius 1 is 1.09 bits per heavy atom. The number of carboxylic acid groups (broad SMARTS) is 1.